The van der Waals surface area contributed by atoms with Gasteiger partial charge in [0.05, 0.1) is 0 Å². The Balaban J connectivity index is 2.93. The van der Waals surface area contributed by atoms with Gasteiger partial charge in [0.25, 0.3) is 5.91 Å². The van der Waals surface area contributed by atoms with Gasteiger partial charge in [-0.15, -0.1) is 10.2 Å². The van der Waals surface area contributed by atoms with E-state index >= 15 is 0 Å². The summed E-state index contributed by atoms with van der Waals surface area (Å²) < 4.78 is 0.423. The van der Waals surface area contributed by atoms with E-state index < -0.39 is 0 Å². The summed E-state index contributed by atoms with van der Waals surface area (Å²) in [6, 6.07) is 0. The minimum atomic E-state index is -0.263. The minimum Gasteiger partial charge on any atom is -0.354 e. The average molecular weight is 205 g/mol. The Bertz CT molecular complexity index is 245. The number of aromatic nitrogens is 3. The maximum atomic E-state index is 10.8. The predicted octanol–water partition coefficient (Wildman–Crippen LogP) is -0.0732. The van der Waals surface area contributed by atoms with Crippen LogP contribution in [-0.4, -0.2) is 28.4 Å². The van der Waals surface area contributed by atoms with E-state index in [-0.39, 0.29) is 11.6 Å². The molecule has 0 fully saturated rings. The largest absolute Gasteiger partial charge is 0.354 e. The van der Waals surface area contributed by atoms with E-state index in [0.29, 0.717) is 4.60 Å². The van der Waals surface area contributed by atoms with E-state index in [1.807, 2.05) is 0 Å². The monoisotopic (exact) mass is 204 g/mol. The number of hydrogen-bond donors (Lipinski definition) is 2. The van der Waals surface area contributed by atoms with Crippen LogP contribution in [0.1, 0.15) is 10.5 Å². The van der Waals surface area contributed by atoms with Gasteiger partial charge in [0.1, 0.15) is 0 Å². The summed E-state index contributed by atoms with van der Waals surface area (Å²) in [7, 11) is 1.53. The Hall–Kier alpha value is -0.910. The molecule has 0 saturated heterocycles. The first-order chi connectivity index (χ1) is 4.75. The van der Waals surface area contributed by atoms with Gasteiger partial charge in [0.15, 0.2) is 10.3 Å². The zero-order valence-electron chi connectivity index (χ0n) is 5.18. The molecule has 54 valence electrons. The summed E-state index contributed by atoms with van der Waals surface area (Å²) in [6.45, 7) is 0. The van der Waals surface area contributed by atoms with Gasteiger partial charge in [0.2, 0.25) is 0 Å². The standard InChI is InChI=1S/C4H5BrN4O/c1-6-4(10)2-3(5)8-9-7-2/h1H3,(H,6,10)(H,7,8,9). The molecule has 1 amide bonds. The minimum absolute atomic E-state index is 0.263. The highest BCUT2D eigenvalue weighted by Gasteiger charge is 2.11. The zero-order valence-corrected chi connectivity index (χ0v) is 6.77. The Morgan fingerprint density at radius 3 is 2.80 bits per heavy atom. The number of aromatic amines is 1. The zero-order chi connectivity index (χ0) is 7.56. The van der Waals surface area contributed by atoms with Crippen molar-refractivity contribution in [2.45, 2.75) is 0 Å². The predicted molar refractivity (Wildman–Crippen MR) is 37.5 cm³/mol. The molecule has 0 spiro atoms. The smallest absolute Gasteiger partial charge is 0.274 e. The van der Waals surface area contributed by atoms with Crippen molar-refractivity contribution < 1.29 is 4.79 Å². The van der Waals surface area contributed by atoms with Crippen LogP contribution < -0.4 is 5.32 Å². The number of H-pyrrole nitrogens is 1. The van der Waals surface area contributed by atoms with E-state index in [1.165, 1.54) is 7.05 Å². The summed E-state index contributed by atoms with van der Waals surface area (Å²) >= 11 is 3.04. The molecule has 0 aliphatic rings. The van der Waals surface area contributed by atoms with Crippen LogP contribution in [0.25, 0.3) is 0 Å². The van der Waals surface area contributed by atoms with Gasteiger partial charge < -0.3 is 5.32 Å². The first kappa shape index (κ1) is 7.20. The van der Waals surface area contributed by atoms with Gasteiger partial charge in [-0.05, 0) is 15.9 Å². The summed E-state index contributed by atoms with van der Waals surface area (Å²) in [5.41, 5.74) is 0.266. The lowest BCUT2D eigenvalue weighted by Crippen LogP contribution is -2.18. The number of amides is 1. The molecule has 0 aromatic carbocycles. The number of hydrogen-bond acceptors (Lipinski definition) is 3. The van der Waals surface area contributed by atoms with E-state index in [1.54, 1.807) is 0 Å². The molecule has 0 radical (unpaired) electrons. The molecular formula is C4H5BrN4O. The van der Waals surface area contributed by atoms with Crippen LogP contribution in [0.5, 0.6) is 0 Å². The maximum absolute atomic E-state index is 10.8. The van der Waals surface area contributed by atoms with E-state index in [9.17, 15) is 4.79 Å². The van der Waals surface area contributed by atoms with E-state index in [2.05, 4.69) is 36.7 Å². The van der Waals surface area contributed by atoms with Gasteiger partial charge in [0, 0.05) is 7.05 Å². The molecule has 6 heteroatoms. The Labute approximate surface area is 65.3 Å². The third kappa shape index (κ3) is 1.15. The van der Waals surface area contributed by atoms with Gasteiger partial charge in [-0.3, -0.25) is 4.79 Å². The summed E-state index contributed by atoms with van der Waals surface area (Å²) in [5.74, 6) is -0.263. The molecule has 0 aliphatic carbocycles. The fraction of sp³-hybridized carbons (Fsp3) is 0.250. The van der Waals surface area contributed by atoms with Crippen molar-refractivity contribution in [3.8, 4) is 0 Å². The average Bonchev–Trinajstić information content (AvgIpc) is 2.34. The highest BCUT2D eigenvalue weighted by atomic mass is 79.9. The molecule has 0 atom stereocenters. The number of nitrogens with zero attached hydrogens (tertiary/aromatic N) is 2. The second-order valence-corrected chi connectivity index (χ2v) is 2.29. The van der Waals surface area contributed by atoms with Crippen LogP contribution in [0, 0.1) is 0 Å². The van der Waals surface area contributed by atoms with Crippen molar-refractivity contribution in [2.24, 2.45) is 0 Å². The Morgan fingerprint density at radius 2 is 2.40 bits per heavy atom. The van der Waals surface area contributed by atoms with Crippen molar-refractivity contribution in [3.63, 3.8) is 0 Å². The molecule has 1 heterocycles. The molecule has 5 nitrogen and oxygen atoms in total. The van der Waals surface area contributed by atoms with Crippen LogP contribution >= 0.6 is 15.9 Å². The molecule has 2 N–H and O–H groups in total. The molecule has 1 rings (SSSR count). The van der Waals surface area contributed by atoms with E-state index in [0.717, 1.165) is 0 Å². The number of nitrogens with one attached hydrogen (secondary N) is 2. The molecule has 1 aromatic rings. The summed E-state index contributed by atoms with van der Waals surface area (Å²) in [5, 5.41) is 11.9. The third-order valence-electron chi connectivity index (χ3n) is 0.948. The number of rotatable bonds is 1. The number of halogens is 1. The molecule has 1 aromatic heterocycles. The number of carbonyl (C=O) groups is 1. The van der Waals surface area contributed by atoms with Crippen molar-refractivity contribution >= 4 is 21.8 Å². The lowest BCUT2D eigenvalue weighted by molar-refractivity contribution is 0.0957. The number of carbonyl (C=O) groups excluding carboxylic acids is 1. The van der Waals surface area contributed by atoms with Crippen LogP contribution in [0.3, 0.4) is 0 Å². The highest BCUT2D eigenvalue weighted by Crippen LogP contribution is 2.07. The normalized spacial score (nSPS) is 9.40. The van der Waals surface area contributed by atoms with E-state index in [4.69, 9.17) is 0 Å². The lowest BCUT2D eigenvalue weighted by Gasteiger charge is -1.90. The van der Waals surface area contributed by atoms with Crippen molar-refractivity contribution in [3.05, 3.63) is 10.3 Å². The Kier molecular flexibility index (Phi) is 2.00. The van der Waals surface area contributed by atoms with Gasteiger partial charge >= 0.3 is 0 Å². The summed E-state index contributed by atoms with van der Waals surface area (Å²) in [4.78, 5) is 10.8. The summed E-state index contributed by atoms with van der Waals surface area (Å²) in [6.07, 6.45) is 0. The molecule has 0 bridgehead atoms. The second-order valence-electron chi connectivity index (χ2n) is 1.54. The van der Waals surface area contributed by atoms with Crippen LogP contribution in [0.15, 0.2) is 4.60 Å². The van der Waals surface area contributed by atoms with Gasteiger partial charge in [-0.2, -0.15) is 5.21 Å². The fourth-order valence-corrected chi connectivity index (χ4v) is 0.829. The van der Waals surface area contributed by atoms with Gasteiger partial charge in [-0.25, -0.2) is 0 Å². The van der Waals surface area contributed by atoms with Crippen LogP contribution in [0.2, 0.25) is 0 Å². The first-order valence-electron chi connectivity index (χ1n) is 2.54. The Morgan fingerprint density at radius 1 is 1.70 bits per heavy atom. The highest BCUT2D eigenvalue weighted by molar-refractivity contribution is 9.10. The first-order valence-corrected chi connectivity index (χ1v) is 3.33. The molecule has 0 aliphatic heterocycles. The topological polar surface area (TPSA) is 70.7 Å². The fourth-order valence-electron chi connectivity index (χ4n) is 0.481. The van der Waals surface area contributed by atoms with Crippen molar-refractivity contribution in [1.29, 1.82) is 0 Å². The van der Waals surface area contributed by atoms with Crippen molar-refractivity contribution in [1.82, 2.24) is 20.7 Å². The maximum Gasteiger partial charge on any atom is 0.274 e. The van der Waals surface area contributed by atoms with Crippen molar-refractivity contribution in [2.75, 3.05) is 7.05 Å². The van der Waals surface area contributed by atoms with Crippen LogP contribution in [0.4, 0.5) is 0 Å². The molecule has 0 unspecified atom stereocenters. The second kappa shape index (κ2) is 2.78. The SMILES string of the molecule is CNC(=O)c1n[nH]nc1Br. The quantitative estimate of drug-likeness (QED) is 0.673. The lowest BCUT2D eigenvalue weighted by atomic mass is 10.4. The third-order valence-corrected chi connectivity index (χ3v) is 1.50. The molecule has 10 heavy (non-hydrogen) atoms. The molecular weight excluding hydrogens is 200 g/mol. The van der Waals surface area contributed by atoms with Crippen LogP contribution in [-0.2, 0) is 0 Å². The molecule has 0 saturated carbocycles. The van der Waals surface area contributed by atoms with Gasteiger partial charge in [-0.1, -0.05) is 0 Å².